The van der Waals surface area contributed by atoms with E-state index in [4.69, 9.17) is 4.74 Å². The lowest BCUT2D eigenvalue weighted by Crippen LogP contribution is -2.27. The van der Waals surface area contributed by atoms with E-state index in [1.165, 1.54) is 12.0 Å². The van der Waals surface area contributed by atoms with Gasteiger partial charge in [0.1, 0.15) is 0 Å². The van der Waals surface area contributed by atoms with Gasteiger partial charge in [-0.3, -0.25) is 4.79 Å². The molecule has 0 aromatic carbocycles. The minimum Gasteiger partial charge on any atom is -0.465 e. The Bertz CT molecular complexity index is 390. The van der Waals surface area contributed by atoms with E-state index >= 15 is 0 Å². The molecule has 0 spiro atoms. The SMILES string of the molecule is CC(C)=CC[C@H](C)C1[C@@H](C)C1(C)COC(=O)C1CCC1. The number of carbonyl (C=O) groups excluding carboxylic acids is 1. The van der Waals surface area contributed by atoms with E-state index in [1.807, 2.05) is 0 Å². The average Bonchev–Trinajstić information content (AvgIpc) is 2.84. The van der Waals surface area contributed by atoms with Crippen LogP contribution in [0, 0.1) is 29.1 Å². The van der Waals surface area contributed by atoms with Crippen LogP contribution in [-0.2, 0) is 9.53 Å². The number of rotatable bonds is 6. The molecule has 0 N–H and O–H groups in total. The quantitative estimate of drug-likeness (QED) is 0.524. The normalized spacial score (nSPS) is 34.0. The fourth-order valence-corrected chi connectivity index (χ4v) is 3.77. The molecule has 0 saturated heterocycles. The molecular weight excluding hydrogens is 248 g/mol. The predicted octanol–water partition coefficient (Wildman–Crippen LogP) is 4.59. The molecule has 2 unspecified atom stereocenters. The van der Waals surface area contributed by atoms with E-state index < -0.39 is 0 Å². The van der Waals surface area contributed by atoms with Crippen molar-refractivity contribution >= 4 is 5.97 Å². The first kappa shape index (κ1) is 15.6. The predicted molar refractivity (Wildman–Crippen MR) is 82.3 cm³/mol. The van der Waals surface area contributed by atoms with Gasteiger partial charge < -0.3 is 4.74 Å². The molecule has 0 heterocycles. The van der Waals surface area contributed by atoms with Crippen LogP contribution in [0.25, 0.3) is 0 Å². The number of hydrogen-bond acceptors (Lipinski definition) is 2. The van der Waals surface area contributed by atoms with Crippen LogP contribution in [0.15, 0.2) is 11.6 Å². The smallest absolute Gasteiger partial charge is 0.308 e. The van der Waals surface area contributed by atoms with E-state index in [-0.39, 0.29) is 17.3 Å². The lowest BCUT2D eigenvalue weighted by atomic mass is 9.85. The van der Waals surface area contributed by atoms with E-state index in [0.717, 1.165) is 19.3 Å². The van der Waals surface area contributed by atoms with Gasteiger partial charge in [0.2, 0.25) is 0 Å². The summed E-state index contributed by atoms with van der Waals surface area (Å²) in [5.41, 5.74) is 1.59. The van der Waals surface area contributed by atoms with Gasteiger partial charge in [-0.25, -0.2) is 0 Å². The topological polar surface area (TPSA) is 26.3 Å². The summed E-state index contributed by atoms with van der Waals surface area (Å²) in [6.45, 7) is 11.9. The molecule has 2 aliphatic carbocycles. The highest BCUT2D eigenvalue weighted by atomic mass is 16.5. The highest BCUT2D eigenvalue weighted by molar-refractivity contribution is 5.73. The van der Waals surface area contributed by atoms with Crippen molar-refractivity contribution in [3.05, 3.63) is 11.6 Å². The third-order valence-electron chi connectivity index (χ3n) is 5.71. The maximum Gasteiger partial charge on any atom is 0.308 e. The molecule has 0 bridgehead atoms. The van der Waals surface area contributed by atoms with E-state index in [0.29, 0.717) is 24.4 Å². The zero-order valence-electron chi connectivity index (χ0n) is 13.7. The molecule has 2 fully saturated rings. The Hall–Kier alpha value is -0.790. The van der Waals surface area contributed by atoms with Crippen molar-refractivity contribution in [2.75, 3.05) is 6.61 Å². The molecule has 2 heteroatoms. The summed E-state index contributed by atoms with van der Waals surface area (Å²) in [5.74, 6) is 2.28. The van der Waals surface area contributed by atoms with Crippen molar-refractivity contribution in [3.63, 3.8) is 0 Å². The van der Waals surface area contributed by atoms with Gasteiger partial charge in [-0.1, -0.05) is 38.8 Å². The van der Waals surface area contributed by atoms with Crippen molar-refractivity contribution in [3.8, 4) is 0 Å². The molecule has 2 rings (SSSR count). The minimum absolute atomic E-state index is 0.0484. The number of hydrogen-bond donors (Lipinski definition) is 0. The van der Waals surface area contributed by atoms with Gasteiger partial charge in [0.05, 0.1) is 12.5 Å². The van der Waals surface area contributed by atoms with Crippen molar-refractivity contribution in [2.45, 2.75) is 60.3 Å². The first-order valence-electron chi connectivity index (χ1n) is 8.16. The van der Waals surface area contributed by atoms with E-state index in [2.05, 4.69) is 40.7 Å². The number of ether oxygens (including phenoxy) is 1. The maximum atomic E-state index is 11.9. The first-order chi connectivity index (χ1) is 9.36. The van der Waals surface area contributed by atoms with Crippen LogP contribution in [0.3, 0.4) is 0 Å². The number of allylic oxidation sites excluding steroid dienone is 2. The molecule has 0 radical (unpaired) electrons. The average molecular weight is 278 g/mol. The molecular formula is C18H30O2. The standard InChI is InChI=1S/C18H30O2/c1-12(2)9-10-13(3)16-14(4)18(16,5)11-20-17(19)15-7-6-8-15/h9,13-16H,6-8,10-11H2,1-5H3/t13-,14+,16?,18?/m0/s1. The lowest BCUT2D eigenvalue weighted by Gasteiger charge is -2.24. The van der Waals surface area contributed by atoms with Gasteiger partial charge in [-0.2, -0.15) is 0 Å². The van der Waals surface area contributed by atoms with Crippen LogP contribution in [0.5, 0.6) is 0 Å². The molecule has 0 aromatic rings. The minimum atomic E-state index is 0.0484. The van der Waals surface area contributed by atoms with Crippen LogP contribution in [0.4, 0.5) is 0 Å². The van der Waals surface area contributed by atoms with Gasteiger partial charge in [0.15, 0.2) is 0 Å². The van der Waals surface area contributed by atoms with Gasteiger partial charge in [0.25, 0.3) is 0 Å². The Morgan fingerprint density at radius 2 is 2.05 bits per heavy atom. The highest BCUT2D eigenvalue weighted by Gasteiger charge is 2.60. The monoisotopic (exact) mass is 278 g/mol. The fourth-order valence-electron chi connectivity index (χ4n) is 3.77. The number of esters is 1. The summed E-state index contributed by atoms with van der Waals surface area (Å²) in [5, 5.41) is 0. The second-order valence-corrected chi connectivity index (χ2v) is 7.55. The summed E-state index contributed by atoms with van der Waals surface area (Å²) in [4.78, 5) is 11.9. The van der Waals surface area contributed by atoms with Gasteiger partial charge in [0, 0.05) is 5.41 Å². The molecule has 0 aromatic heterocycles. The van der Waals surface area contributed by atoms with Gasteiger partial charge in [-0.15, -0.1) is 0 Å². The summed E-state index contributed by atoms with van der Waals surface area (Å²) in [7, 11) is 0. The third-order valence-corrected chi connectivity index (χ3v) is 5.71. The summed E-state index contributed by atoms with van der Waals surface area (Å²) in [6, 6.07) is 0. The Morgan fingerprint density at radius 1 is 1.40 bits per heavy atom. The van der Waals surface area contributed by atoms with Crippen molar-refractivity contribution in [1.82, 2.24) is 0 Å². The van der Waals surface area contributed by atoms with Crippen LogP contribution >= 0.6 is 0 Å². The molecule has 0 aliphatic heterocycles. The summed E-state index contributed by atoms with van der Waals surface area (Å²) in [6.07, 6.45) is 6.73. The molecule has 2 nitrogen and oxygen atoms in total. The fraction of sp³-hybridized carbons (Fsp3) is 0.833. The van der Waals surface area contributed by atoms with Crippen LogP contribution in [-0.4, -0.2) is 12.6 Å². The van der Waals surface area contributed by atoms with Crippen molar-refractivity contribution in [2.24, 2.45) is 29.1 Å². The van der Waals surface area contributed by atoms with Crippen molar-refractivity contribution in [1.29, 1.82) is 0 Å². The lowest BCUT2D eigenvalue weighted by molar-refractivity contribution is -0.153. The zero-order valence-corrected chi connectivity index (χ0v) is 13.7. The summed E-state index contributed by atoms with van der Waals surface area (Å²) < 4.78 is 5.59. The third kappa shape index (κ3) is 3.10. The second kappa shape index (κ2) is 5.91. The van der Waals surface area contributed by atoms with Gasteiger partial charge >= 0.3 is 5.97 Å². The molecule has 114 valence electrons. The second-order valence-electron chi connectivity index (χ2n) is 7.55. The largest absolute Gasteiger partial charge is 0.465 e. The zero-order chi connectivity index (χ0) is 14.9. The summed E-state index contributed by atoms with van der Waals surface area (Å²) >= 11 is 0. The first-order valence-corrected chi connectivity index (χ1v) is 8.16. The van der Waals surface area contributed by atoms with Crippen LogP contribution in [0.2, 0.25) is 0 Å². The Kier molecular flexibility index (Phi) is 4.61. The van der Waals surface area contributed by atoms with Crippen LogP contribution < -0.4 is 0 Å². The van der Waals surface area contributed by atoms with Gasteiger partial charge in [-0.05, 0) is 50.9 Å². The van der Waals surface area contributed by atoms with Crippen molar-refractivity contribution < 1.29 is 9.53 Å². The van der Waals surface area contributed by atoms with Crippen LogP contribution in [0.1, 0.15) is 60.3 Å². The highest BCUT2D eigenvalue weighted by Crippen LogP contribution is 2.62. The number of carbonyl (C=O) groups is 1. The van der Waals surface area contributed by atoms with E-state index in [9.17, 15) is 4.79 Å². The molecule has 2 saturated carbocycles. The molecule has 20 heavy (non-hydrogen) atoms. The Labute approximate surface area is 124 Å². The molecule has 0 amide bonds. The molecule has 4 atom stereocenters. The maximum absolute atomic E-state index is 11.9. The Balaban J connectivity index is 1.81. The molecule has 2 aliphatic rings. The Morgan fingerprint density at radius 3 is 2.55 bits per heavy atom. The van der Waals surface area contributed by atoms with E-state index in [1.54, 1.807) is 0 Å².